The largest absolute Gasteiger partial charge is 0.573 e. The zero-order valence-corrected chi connectivity index (χ0v) is 9.40. The SMILES string of the molecule is COC(=O)CC(O)c1ccc(OC(F)(F)F)cc1. The number of hydrogen-bond acceptors (Lipinski definition) is 4. The van der Waals surface area contributed by atoms with E-state index in [1.807, 2.05) is 0 Å². The number of halogens is 3. The predicted molar refractivity (Wildman–Crippen MR) is 54.7 cm³/mol. The van der Waals surface area contributed by atoms with Gasteiger partial charge in [0.1, 0.15) is 5.75 Å². The van der Waals surface area contributed by atoms with E-state index in [0.717, 1.165) is 12.1 Å². The topological polar surface area (TPSA) is 55.8 Å². The first kappa shape index (κ1) is 14.3. The van der Waals surface area contributed by atoms with Gasteiger partial charge in [0, 0.05) is 0 Å². The molecule has 7 heteroatoms. The van der Waals surface area contributed by atoms with Gasteiger partial charge >= 0.3 is 12.3 Å². The number of ether oxygens (including phenoxy) is 2. The first-order valence-electron chi connectivity index (χ1n) is 4.92. The number of carbonyl (C=O) groups is 1. The first-order chi connectivity index (χ1) is 8.31. The Bertz CT molecular complexity index is 400. The maximum atomic E-state index is 11.9. The Hall–Kier alpha value is -1.76. The Labute approximate surface area is 101 Å². The molecule has 1 aromatic rings. The molecular formula is C11H11F3O4. The van der Waals surface area contributed by atoms with Crippen LogP contribution in [0.2, 0.25) is 0 Å². The van der Waals surface area contributed by atoms with Crippen LogP contribution in [-0.4, -0.2) is 24.5 Å². The lowest BCUT2D eigenvalue weighted by Gasteiger charge is -2.12. The van der Waals surface area contributed by atoms with E-state index < -0.39 is 24.2 Å². The van der Waals surface area contributed by atoms with Crippen molar-refractivity contribution in [3.05, 3.63) is 29.8 Å². The summed E-state index contributed by atoms with van der Waals surface area (Å²) in [6, 6.07) is 4.61. The number of alkyl halides is 3. The van der Waals surface area contributed by atoms with Crippen LogP contribution in [0.15, 0.2) is 24.3 Å². The van der Waals surface area contributed by atoms with E-state index in [1.54, 1.807) is 0 Å². The van der Waals surface area contributed by atoms with Crippen LogP contribution in [-0.2, 0) is 9.53 Å². The second-order valence-electron chi connectivity index (χ2n) is 3.41. The van der Waals surface area contributed by atoms with Gasteiger partial charge < -0.3 is 14.6 Å². The molecule has 0 bridgehead atoms. The fraction of sp³-hybridized carbons (Fsp3) is 0.364. The minimum atomic E-state index is -4.76. The summed E-state index contributed by atoms with van der Waals surface area (Å²) in [6.07, 6.45) is -6.15. The van der Waals surface area contributed by atoms with Gasteiger partial charge in [0.05, 0.1) is 19.6 Å². The van der Waals surface area contributed by atoms with Crippen LogP contribution in [0.25, 0.3) is 0 Å². The van der Waals surface area contributed by atoms with Crippen LogP contribution in [0, 0.1) is 0 Å². The lowest BCUT2D eigenvalue weighted by Crippen LogP contribution is -2.17. The van der Waals surface area contributed by atoms with E-state index >= 15 is 0 Å². The third-order valence-corrected chi connectivity index (χ3v) is 2.09. The van der Waals surface area contributed by atoms with Crippen molar-refractivity contribution >= 4 is 5.97 Å². The summed E-state index contributed by atoms with van der Waals surface area (Å²) in [6.45, 7) is 0. The average Bonchev–Trinajstić information content (AvgIpc) is 2.27. The van der Waals surface area contributed by atoms with E-state index in [0.29, 0.717) is 5.56 Å². The Morgan fingerprint density at radius 3 is 2.33 bits per heavy atom. The first-order valence-corrected chi connectivity index (χ1v) is 4.92. The lowest BCUT2D eigenvalue weighted by molar-refractivity contribution is -0.274. The van der Waals surface area contributed by atoms with Gasteiger partial charge in [-0.25, -0.2) is 0 Å². The quantitative estimate of drug-likeness (QED) is 0.847. The summed E-state index contributed by atoms with van der Waals surface area (Å²) in [5.41, 5.74) is 0.301. The minimum absolute atomic E-state index is 0.268. The predicted octanol–water partition coefficient (Wildman–Crippen LogP) is 2.18. The van der Waals surface area contributed by atoms with Crippen molar-refractivity contribution in [1.29, 1.82) is 0 Å². The molecule has 0 amide bonds. The van der Waals surface area contributed by atoms with Gasteiger partial charge in [-0.1, -0.05) is 12.1 Å². The van der Waals surface area contributed by atoms with E-state index in [1.165, 1.54) is 19.2 Å². The lowest BCUT2D eigenvalue weighted by atomic mass is 10.1. The third-order valence-electron chi connectivity index (χ3n) is 2.09. The molecule has 0 heterocycles. The number of rotatable bonds is 4. The number of esters is 1. The smallest absolute Gasteiger partial charge is 0.469 e. The Kier molecular flexibility index (Phi) is 4.55. The second kappa shape index (κ2) is 5.72. The van der Waals surface area contributed by atoms with Crippen LogP contribution in [0.3, 0.4) is 0 Å². The molecule has 0 radical (unpaired) electrons. The van der Waals surface area contributed by atoms with Crippen molar-refractivity contribution in [2.75, 3.05) is 7.11 Å². The molecule has 18 heavy (non-hydrogen) atoms. The normalized spacial score (nSPS) is 12.9. The molecule has 1 N–H and O–H groups in total. The molecule has 1 unspecified atom stereocenters. The molecule has 0 aliphatic rings. The maximum Gasteiger partial charge on any atom is 0.573 e. The highest BCUT2D eigenvalue weighted by atomic mass is 19.4. The number of methoxy groups -OCH3 is 1. The van der Waals surface area contributed by atoms with E-state index in [2.05, 4.69) is 9.47 Å². The zero-order valence-electron chi connectivity index (χ0n) is 9.40. The number of aliphatic hydroxyl groups is 1. The van der Waals surface area contributed by atoms with Crippen LogP contribution in [0.1, 0.15) is 18.1 Å². The van der Waals surface area contributed by atoms with Gasteiger partial charge in [-0.3, -0.25) is 4.79 Å². The molecule has 0 saturated carbocycles. The molecule has 0 spiro atoms. The van der Waals surface area contributed by atoms with Gasteiger partial charge in [0.25, 0.3) is 0 Å². The van der Waals surface area contributed by atoms with E-state index in [4.69, 9.17) is 0 Å². The maximum absolute atomic E-state index is 11.9. The summed E-state index contributed by atoms with van der Waals surface area (Å²) >= 11 is 0. The highest BCUT2D eigenvalue weighted by Gasteiger charge is 2.31. The molecule has 0 aliphatic heterocycles. The van der Waals surface area contributed by atoms with Gasteiger partial charge in [0.2, 0.25) is 0 Å². The van der Waals surface area contributed by atoms with Crippen molar-refractivity contribution in [2.24, 2.45) is 0 Å². The van der Waals surface area contributed by atoms with Gasteiger partial charge in [-0.05, 0) is 17.7 Å². The van der Waals surface area contributed by atoms with Crippen molar-refractivity contribution in [2.45, 2.75) is 18.9 Å². The van der Waals surface area contributed by atoms with Crippen molar-refractivity contribution in [1.82, 2.24) is 0 Å². The zero-order chi connectivity index (χ0) is 13.8. The number of aliphatic hydroxyl groups excluding tert-OH is 1. The highest BCUT2D eigenvalue weighted by Crippen LogP contribution is 2.25. The standard InChI is InChI=1S/C11H11F3O4/c1-17-10(16)6-9(15)7-2-4-8(5-3-7)18-11(12,13)14/h2-5,9,15H,6H2,1H3. The van der Waals surface area contributed by atoms with Crippen molar-refractivity contribution in [3.63, 3.8) is 0 Å². The molecule has 100 valence electrons. The van der Waals surface area contributed by atoms with Gasteiger partial charge in [0.15, 0.2) is 0 Å². The molecule has 4 nitrogen and oxygen atoms in total. The molecule has 0 aliphatic carbocycles. The number of carbonyl (C=O) groups excluding carboxylic acids is 1. The summed E-state index contributed by atoms with van der Waals surface area (Å²) < 4.78 is 43.7. The second-order valence-corrected chi connectivity index (χ2v) is 3.41. The monoisotopic (exact) mass is 264 g/mol. The number of hydrogen-bond donors (Lipinski definition) is 1. The Morgan fingerprint density at radius 1 is 1.33 bits per heavy atom. The molecule has 0 fully saturated rings. The summed E-state index contributed by atoms with van der Waals surface area (Å²) in [5.74, 6) is -1.00. The summed E-state index contributed by atoms with van der Waals surface area (Å²) in [4.78, 5) is 10.9. The summed E-state index contributed by atoms with van der Waals surface area (Å²) in [5, 5.41) is 9.58. The Morgan fingerprint density at radius 2 is 1.89 bits per heavy atom. The third kappa shape index (κ3) is 4.62. The highest BCUT2D eigenvalue weighted by molar-refractivity contribution is 5.70. The van der Waals surface area contributed by atoms with E-state index in [-0.39, 0.29) is 6.42 Å². The molecule has 1 rings (SSSR count). The van der Waals surface area contributed by atoms with Crippen LogP contribution >= 0.6 is 0 Å². The van der Waals surface area contributed by atoms with Crippen LogP contribution < -0.4 is 4.74 Å². The molecular weight excluding hydrogens is 253 g/mol. The van der Waals surface area contributed by atoms with Crippen LogP contribution in [0.4, 0.5) is 13.2 Å². The van der Waals surface area contributed by atoms with Crippen LogP contribution in [0.5, 0.6) is 5.75 Å². The fourth-order valence-electron chi connectivity index (χ4n) is 1.25. The summed E-state index contributed by atoms with van der Waals surface area (Å²) in [7, 11) is 1.18. The Balaban J connectivity index is 2.67. The number of benzene rings is 1. The fourth-order valence-corrected chi connectivity index (χ4v) is 1.25. The van der Waals surface area contributed by atoms with E-state index in [9.17, 15) is 23.1 Å². The van der Waals surface area contributed by atoms with Gasteiger partial charge in [-0.15, -0.1) is 13.2 Å². The minimum Gasteiger partial charge on any atom is -0.469 e. The molecule has 0 aromatic heterocycles. The molecule has 1 atom stereocenters. The molecule has 0 saturated heterocycles. The molecule has 1 aromatic carbocycles. The van der Waals surface area contributed by atoms with Gasteiger partial charge in [-0.2, -0.15) is 0 Å². The average molecular weight is 264 g/mol. The van der Waals surface area contributed by atoms with Crippen molar-refractivity contribution in [3.8, 4) is 5.75 Å². The van der Waals surface area contributed by atoms with Crippen molar-refractivity contribution < 1.29 is 32.5 Å².